The molecule has 5 nitrogen and oxygen atoms in total. The Morgan fingerprint density at radius 3 is 2.37 bits per heavy atom. The number of esters is 1. The molecule has 0 fully saturated rings. The SMILES string of the molecule is CCNC(C)(COCCOCC(C)C)C(=O)OCC. The highest BCUT2D eigenvalue weighted by atomic mass is 16.5. The average molecular weight is 275 g/mol. The second-order valence-corrected chi connectivity index (χ2v) is 5.10. The number of carbonyl (C=O) groups is 1. The standard InChI is InChI=1S/C14H29NO4/c1-6-15-14(5,13(16)19-7-2)11-18-9-8-17-10-12(3)4/h12,15H,6-11H2,1-5H3. The van der Waals surface area contributed by atoms with Crippen LogP contribution in [0.25, 0.3) is 0 Å². The minimum absolute atomic E-state index is 0.278. The highest BCUT2D eigenvalue weighted by Crippen LogP contribution is 2.07. The predicted octanol–water partition coefficient (Wildman–Crippen LogP) is 1.61. The molecule has 0 heterocycles. The lowest BCUT2D eigenvalue weighted by Gasteiger charge is -2.27. The molecule has 0 amide bonds. The number of rotatable bonds is 11. The summed E-state index contributed by atoms with van der Waals surface area (Å²) in [6.45, 7) is 12.8. The number of likely N-dealkylation sites (N-methyl/N-ethyl adjacent to an activating group) is 1. The van der Waals surface area contributed by atoms with E-state index >= 15 is 0 Å². The fourth-order valence-corrected chi connectivity index (χ4v) is 1.58. The van der Waals surface area contributed by atoms with Gasteiger partial charge < -0.3 is 19.5 Å². The molecule has 0 aromatic rings. The van der Waals surface area contributed by atoms with E-state index in [0.29, 0.717) is 32.3 Å². The van der Waals surface area contributed by atoms with E-state index < -0.39 is 5.54 Å². The lowest BCUT2D eigenvalue weighted by molar-refractivity contribution is -0.153. The van der Waals surface area contributed by atoms with Gasteiger partial charge in [0, 0.05) is 6.61 Å². The fourth-order valence-electron chi connectivity index (χ4n) is 1.58. The summed E-state index contributed by atoms with van der Waals surface area (Å²) in [7, 11) is 0. The molecular weight excluding hydrogens is 246 g/mol. The van der Waals surface area contributed by atoms with Gasteiger partial charge in [0.15, 0.2) is 0 Å². The number of hydrogen-bond donors (Lipinski definition) is 1. The Morgan fingerprint density at radius 2 is 1.84 bits per heavy atom. The molecule has 0 aliphatic carbocycles. The first-order valence-corrected chi connectivity index (χ1v) is 7.04. The van der Waals surface area contributed by atoms with Gasteiger partial charge in [-0.3, -0.25) is 0 Å². The molecule has 0 aliphatic heterocycles. The first kappa shape index (κ1) is 18.4. The largest absolute Gasteiger partial charge is 0.465 e. The smallest absolute Gasteiger partial charge is 0.328 e. The van der Waals surface area contributed by atoms with E-state index in [2.05, 4.69) is 19.2 Å². The number of carbonyl (C=O) groups excluding carboxylic acids is 1. The Balaban J connectivity index is 3.97. The van der Waals surface area contributed by atoms with Crippen LogP contribution in [0.2, 0.25) is 0 Å². The quantitative estimate of drug-likeness (QED) is 0.458. The van der Waals surface area contributed by atoms with Crippen molar-refractivity contribution >= 4 is 5.97 Å². The van der Waals surface area contributed by atoms with Crippen molar-refractivity contribution in [1.29, 1.82) is 0 Å². The van der Waals surface area contributed by atoms with Crippen LogP contribution >= 0.6 is 0 Å². The molecule has 0 aliphatic rings. The molecule has 114 valence electrons. The van der Waals surface area contributed by atoms with Crippen LogP contribution in [-0.4, -0.2) is 51.1 Å². The molecule has 1 atom stereocenters. The molecule has 0 aromatic heterocycles. The maximum atomic E-state index is 11.9. The molecule has 0 bridgehead atoms. The Kier molecular flexibility index (Phi) is 9.83. The van der Waals surface area contributed by atoms with Gasteiger partial charge in [0.25, 0.3) is 0 Å². The lowest BCUT2D eigenvalue weighted by Crippen LogP contribution is -2.54. The minimum Gasteiger partial charge on any atom is -0.465 e. The molecule has 0 radical (unpaired) electrons. The van der Waals surface area contributed by atoms with Crippen LogP contribution in [0.3, 0.4) is 0 Å². The summed E-state index contributed by atoms with van der Waals surface area (Å²) < 4.78 is 16.0. The predicted molar refractivity (Wildman–Crippen MR) is 75.2 cm³/mol. The third-order valence-corrected chi connectivity index (χ3v) is 2.51. The van der Waals surface area contributed by atoms with Crippen molar-refractivity contribution in [2.75, 3.05) is 39.6 Å². The summed E-state index contributed by atoms with van der Waals surface area (Å²) in [5.74, 6) is 0.242. The van der Waals surface area contributed by atoms with Crippen LogP contribution in [0.5, 0.6) is 0 Å². The molecule has 19 heavy (non-hydrogen) atoms. The lowest BCUT2D eigenvalue weighted by atomic mass is 10.0. The summed E-state index contributed by atoms with van der Waals surface area (Å²) in [6, 6.07) is 0. The second-order valence-electron chi connectivity index (χ2n) is 5.10. The Labute approximate surface area is 117 Å². The van der Waals surface area contributed by atoms with Crippen molar-refractivity contribution in [1.82, 2.24) is 5.32 Å². The van der Waals surface area contributed by atoms with Gasteiger partial charge in [-0.05, 0) is 26.3 Å². The van der Waals surface area contributed by atoms with E-state index in [4.69, 9.17) is 14.2 Å². The summed E-state index contributed by atoms with van der Waals surface area (Å²) >= 11 is 0. The maximum Gasteiger partial charge on any atom is 0.328 e. The molecule has 0 saturated carbocycles. The molecule has 0 aromatic carbocycles. The van der Waals surface area contributed by atoms with Gasteiger partial charge in [0.1, 0.15) is 5.54 Å². The van der Waals surface area contributed by atoms with E-state index in [9.17, 15) is 4.79 Å². The van der Waals surface area contributed by atoms with E-state index in [1.807, 2.05) is 6.92 Å². The van der Waals surface area contributed by atoms with Crippen LogP contribution in [0, 0.1) is 5.92 Å². The van der Waals surface area contributed by atoms with Gasteiger partial charge >= 0.3 is 5.97 Å². The van der Waals surface area contributed by atoms with Crippen molar-refractivity contribution in [2.24, 2.45) is 5.92 Å². The van der Waals surface area contributed by atoms with Gasteiger partial charge in [0.2, 0.25) is 0 Å². The van der Waals surface area contributed by atoms with Gasteiger partial charge in [-0.15, -0.1) is 0 Å². The number of ether oxygens (including phenoxy) is 3. The van der Waals surface area contributed by atoms with Crippen LogP contribution < -0.4 is 5.32 Å². The zero-order chi connectivity index (χ0) is 14.7. The van der Waals surface area contributed by atoms with Crippen molar-refractivity contribution in [2.45, 2.75) is 40.2 Å². The van der Waals surface area contributed by atoms with Crippen LogP contribution in [0.1, 0.15) is 34.6 Å². The van der Waals surface area contributed by atoms with E-state index in [1.165, 1.54) is 0 Å². The first-order valence-electron chi connectivity index (χ1n) is 7.04. The summed E-state index contributed by atoms with van der Waals surface area (Å²) in [5.41, 5.74) is -0.789. The minimum atomic E-state index is -0.789. The van der Waals surface area contributed by atoms with Crippen molar-refractivity contribution in [3.05, 3.63) is 0 Å². The summed E-state index contributed by atoms with van der Waals surface area (Å²) in [5, 5.41) is 3.11. The third kappa shape index (κ3) is 8.18. The number of nitrogens with one attached hydrogen (secondary N) is 1. The van der Waals surface area contributed by atoms with Crippen LogP contribution in [0.15, 0.2) is 0 Å². The molecule has 0 spiro atoms. The van der Waals surface area contributed by atoms with Gasteiger partial charge in [-0.25, -0.2) is 4.79 Å². The Morgan fingerprint density at radius 1 is 1.21 bits per heavy atom. The molecular formula is C14H29NO4. The van der Waals surface area contributed by atoms with Crippen molar-refractivity contribution in [3.8, 4) is 0 Å². The van der Waals surface area contributed by atoms with Gasteiger partial charge in [-0.2, -0.15) is 0 Å². The normalized spacial score (nSPS) is 14.4. The van der Waals surface area contributed by atoms with Crippen molar-refractivity contribution < 1.29 is 19.0 Å². The highest BCUT2D eigenvalue weighted by Gasteiger charge is 2.34. The maximum absolute atomic E-state index is 11.9. The van der Waals surface area contributed by atoms with Crippen molar-refractivity contribution in [3.63, 3.8) is 0 Å². The third-order valence-electron chi connectivity index (χ3n) is 2.51. The molecule has 1 N–H and O–H groups in total. The first-order chi connectivity index (χ1) is 8.96. The zero-order valence-electron chi connectivity index (χ0n) is 13.0. The highest BCUT2D eigenvalue weighted by molar-refractivity contribution is 5.80. The number of hydrogen-bond acceptors (Lipinski definition) is 5. The van der Waals surface area contributed by atoms with Crippen LogP contribution in [-0.2, 0) is 19.0 Å². The Bertz CT molecular complexity index is 246. The van der Waals surface area contributed by atoms with Gasteiger partial charge in [0.05, 0.1) is 26.4 Å². The summed E-state index contributed by atoms with van der Waals surface area (Å²) in [6.07, 6.45) is 0. The molecule has 0 rings (SSSR count). The van der Waals surface area contributed by atoms with E-state index in [0.717, 1.165) is 6.61 Å². The van der Waals surface area contributed by atoms with Gasteiger partial charge in [-0.1, -0.05) is 20.8 Å². The monoisotopic (exact) mass is 275 g/mol. The fraction of sp³-hybridized carbons (Fsp3) is 0.929. The van der Waals surface area contributed by atoms with Crippen LogP contribution in [0.4, 0.5) is 0 Å². The average Bonchev–Trinajstić information content (AvgIpc) is 2.34. The summed E-state index contributed by atoms with van der Waals surface area (Å²) in [4.78, 5) is 11.9. The molecule has 0 saturated heterocycles. The topological polar surface area (TPSA) is 56.8 Å². The van der Waals surface area contributed by atoms with E-state index in [1.54, 1.807) is 13.8 Å². The Hall–Kier alpha value is -0.650. The van der Waals surface area contributed by atoms with E-state index in [-0.39, 0.29) is 12.6 Å². The second kappa shape index (κ2) is 10.2. The molecule has 5 heteroatoms. The molecule has 1 unspecified atom stereocenters. The zero-order valence-corrected chi connectivity index (χ0v) is 13.0.